The van der Waals surface area contributed by atoms with Gasteiger partial charge >= 0.3 is 11.7 Å². The van der Waals surface area contributed by atoms with E-state index in [1.807, 2.05) is 10.1 Å². The molecule has 5 N–H and O–H groups in total. The van der Waals surface area contributed by atoms with Crippen molar-refractivity contribution in [2.75, 3.05) is 12.9 Å². The van der Waals surface area contributed by atoms with E-state index >= 15 is 0 Å². The highest BCUT2D eigenvalue weighted by atomic mass is 32.2. The fourth-order valence-electron chi connectivity index (χ4n) is 3.63. The minimum absolute atomic E-state index is 0.130. The Morgan fingerprint density at radius 3 is 2.57 bits per heavy atom. The molecule has 1 aromatic heterocycles. The van der Waals surface area contributed by atoms with Crippen molar-refractivity contribution in [1.29, 1.82) is 0 Å². The number of ether oxygens (including phenoxy) is 1. The van der Waals surface area contributed by atoms with Gasteiger partial charge in [-0.15, -0.1) is 11.8 Å². The molecule has 3 atom stereocenters. The lowest BCUT2D eigenvalue weighted by molar-refractivity contribution is -0.151. The molecule has 0 bridgehead atoms. The lowest BCUT2D eigenvalue weighted by Gasteiger charge is -2.49. The summed E-state index contributed by atoms with van der Waals surface area (Å²) in [5.74, 6) is -3.50. The Morgan fingerprint density at radius 1 is 1.23 bits per heavy atom. The summed E-state index contributed by atoms with van der Waals surface area (Å²) >= 11 is 1.21. The smallest absolute Gasteiger partial charge is 0.356 e. The van der Waals surface area contributed by atoms with Gasteiger partial charge in [0.2, 0.25) is 11.6 Å². The zero-order valence-electron chi connectivity index (χ0n) is 17.9. The maximum absolute atomic E-state index is 13.2. The summed E-state index contributed by atoms with van der Waals surface area (Å²) < 4.78 is 5.07. The summed E-state index contributed by atoms with van der Waals surface area (Å²) in [5, 5.41) is 19.1. The number of aliphatic carboxylic acids is 1. The molecule has 2 aromatic rings. The summed E-state index contributed by atoms with van der Waals surface area (Å²) in [7, 11) is 1.30. The van der Waals surface area contributed by atoms with E-state index in [-0.39, 0.29) is 17.2 Å². The Bertz CT molecular complexity index is 1350. The number of fused-ring (bicyclic) bond motifs is 1. The summed E-state index contributed by atoms with van der Waals surface area (Å²) in [4.78, 5) is 76.3. The van der Waals surface area contributed by atoms with Crippen molar-refractivity contribution in [3.8, 4) is 0 Å². The monoisotopic (exact) mass is 502 g/mol. The lowest BCUT2D eigenvalue weighted by atomic mass is 10.0. The Morgan fingerprint density at radius 2 is 1.94 bits per heavy atom. The van der Waals surface area contributed by atoms with Crippen molar-refractivity contribution in [3.63, 3.8) is 0 Å². The SMILES string of the molecule is COC1=C(C(=O)O)N2C(=O)[C@@H](NC(=O)C(NC(=O)c3n[nH]c(=O)[nH]c3=O)c3ccccc3)[C@@H]2SC1. The van der Waals surface area contributed by atoms with Crippen LogP contribution in [0.3, 0.4) is 0 Å². The third-order valence-electron chi connectivity index (χ3n) is 5.28. The van der Waals surface area contributed by atoms with Crippen LogP contribution in [0.25, 0.3) is 0 Å². The molecule has 182 valence electrons. The van der Waals surface area contributed by atoms with Crippen LogP contribution in [0.1, 0.15) is 22.1 Å². The van der Waals surface area contributed by atoms with Gasteiger partial charge in [0.1, 0.15) is 23.2 Å². The zero-order valence-corrected chi connectivity index (χ0v) is 18.8. The second kappa shape index (κ2) is 9.46. The molecule has 1 saturated heterocycles. The van der Waals surface area contributed by atoms with Crippen LogP contribution >= 0.6 is 11.8 Å². The van der Waals surface area contributed by atoms with Gasteiger partial charge < -0.3 is 20.5 Å². The van der Waals surface area contributed by atoms with Crippen LogP contribution in [0.5, 0.6) is 0 Å². The van der Waals surface area contributed by atoms with Crippen molar-refractivity contribution in [3.05, 3.63) is 73.9 Å². The number of β-lactam (4-membered cyclic amide) rings is 1. The first-order valence-corrected chi connectivity index (χ1v) is 11.1. The number of carboxylic acids is 1. The van der Waals surface area contributed by atoms with Crippen LogP contribution in [-0.2, 0) is 19.1 Å². The number of thioether (sulfide) groups is 1. The minimum atomic E-state index is -1.34. The molecule has 0 saturated carbocycles. The Hall–Kier alpha value is -4.40. The first-order chi connectivity index (χ1) is 16.7. The van der Waals surface area contributed by atoms with Crippen LogP contribution in [0.4, 0.5) is 0 Å². The molecule has 2 aliphatic heterocycles. The standard InChI is InChI=1S/C20H18N6O8S/c1-34-9-7-35-18-12(17(30)26(18)13(9)19(31)32)22-14(27)10(8-5-3-2-4-6-8)21-15(28)11-16(29)23-20(33)25-24-11/h2-6,10,12,18H,7H2,1H3,(H,21,28)(H,22,27)(H,31,32)(H2,23,25,29,33)/t10?,12-,18+/m1/s1. The Kier molecular flexibility index (Phi) is 6.42. The molecule has 0 aliphatic carbocycles. The number of amides is 3. The van der Waals surface area contributed by atoms with Crippen molar-refractivity contribution >= 4 is 35.5 Å². The molecule has 0 spiro atoms. The van der Waals surface area contributed by atoms with Gasteiger partial charge in [-0.2, -0.15) is 5.10 Å². The molecule has 35 heavy (non-hydrogen) atoms. The van der Waals surface area contributed by atoms with Gasteiger partial charge in [0, 0.05) is 0 Å². The van der Waals surface area contributed by atoms with Gasteiger partial charge in [0.25, 0.3) is 17.4 Å². The highest BCUT2D eigenvalue weighted by Crippen LogP contribution is 2.40. The summed E-state index contributed by atoms with van der Waals surface area (Å²) in [6, 6.07) is 5.64. The van der Waals surface area contributed by atoms with Crippen LogP contribution in [-0.4, -0.2) is 73.2 Å². The number of methoxy groups -OCH3 is 1. The lowest BCUT2D eigenvalue weighted by Crippen LogP contribution is -2.71. The molecule has 2 aliphatic rings. The van der Waals surface area contributed by atoms with Gasteiger partial charge in [-0.1, -0.05) is 30.3 Å². The summed E-state index contributed by atoms with van der Waals surface area (Å²) in [6.45, 7) is 0. The van der Waals surface area contributed by atoms with Crippen molar-refractivity contribution in [2.45, 2.75) is 17.5 Å². The van der Waals surface area contributed by atoms with Crippen molar-refractivity contribution < 1.29 is 29.0 Å². The van der Waals surface area contributed by atoms with Gasteiger partial charge in [-0.25, -0.2) is 14.7 Å². The van der Waals surface area contributed by atoms with Crippen molar-refractivity contribution in [2.24, 2.45) is 0 Å². The number of nitrogens with one attached hydrogen (secondary N) is 4. The number of hydrogen-bond donors (Lipinski definition) is 5. The number of aromatic amines is 2. The van der Waals surface area contributed by atoms with E-state index in [9.17, 15) is 33.9 Å². The summed E-state index contributed by atoms with van der Waals surface area (Å²) in [6.07, 6.45) is 0. The number of carbonyl (C=O) groups excluding carboxylic acids is 3. The summed E-state index contributed by atoms with van der Waals surface area (Å²) in [5.41, 5.74) is -2.58. The number of nitrogens with zero attached hydrogens (tertiary/aromatic N) is 2. The number of hydrogen-bond acceptors (Lipinski definition) is 9. The largest absolute Gasteiger partial charge is 0.498 e. The first-order valence-electron chi connectivity index (χ1n) is 10.0. The molecule has 1 aromatic carbocycles. The average molecular weight is 502 g/mol. The molecular formula is C20H18N6O8S. The Labute approximate surface area is 199 Å². The van der Waals surface area contributed by atoms with Gasteiger partial charge in [0.05, 0.1) is 12.9 Å². The maximum Gasteiger partial charge on any atom is 0.356 e. The highest BCUT2D eigenvalue weighted by molar-refractivity contribution is 8.00. The van der Waals surface area contributed by atoms with Crippen LogP contribution in [0.2, 0.25) is 0 Å². The number of H-pyrrole nitrogens is 2. The van der Waals surface area contributed by atoms with Gasteiger partial charge in [-0.3, -0.25) is 29.1 Å². The van der Waals surface area contributed by atoms with E-state index in [4.69, 9.17) is 4.74 Å². The normalized spacial score (nSPS) is 19.8. The maximum atomic E-state index is 13.2. The van der Waals surface area contributed by atoms with Crippen LogP contribution in [0.15, 0.2) is 51.4 Å². The molecule has 0 radical (unpaired) electrons. The molecule has 14 nitrogen and oxygen atoms in total. The highest BCUT2D eigenvalue weighted by Gasteiger charge is 2.55. The van der Waals surface area contributed by atoms with E-state index < -0.39 is 58.1 Å². The first kappa shape index (κ1) is 23.7. The minimum Gasteiger partial charge on any atom is -0.498 e. The van der Waals surface area contributed by atoms with Gasteiger partial charge in [-0.05, 0) is 5.56 Å². The van der Waals surface area contributed by atoms with Crippen LogP contribution in [0, 0.1) is 0 Å². The molecule has 15 heteroatoms. The topological polar surface area (TPSA) is 204 Å². The average Bonchev–Trinajstić information content (AvgIpc) is 2.84. The molecule has 1 unspecified atom stereocenters. The van der Waals surface area contributed by atoms with E-state index in [0.717, 1.165) is 4.90 Å². The molecular weight excluding hydrogens is 484 g/mol. The number of aromatic nitrogens is 3. The van der Waals surface area contributed by atoms with E-state index in [1.54, 1.807) is 30.3 Å². The van der Waals surface area contributed by atoms with E-state index in [2.05, 4.69) is 15.7 Å². The molecule has 4 rings (SSSR count). The third-order valence-corrected chi connectivity index (χ3v) is 6.53. The quantitative estimate of drug-likeness (QED) is 0.271. The predicted molar refractivity (Wildman–Crippen MR) is 119 cm³/mol. The third kappa shape index (κ3) is 4.40. The van der Waals surface area contributed by atoms with Crippen molar-refractivity contribution in [1.82, 2.24) is 30.7 Å². The number of carbonyl (C=O) groups is 4. The van der Waals surface area contributed by atoms with E-state index in [0.29, 0.717) is 5.56 Å². The molecule has 3 amide bonds. The zero-order chi connectivity index (χ0) is 25.3. The fraction of sp³-hybridized carbons (Fsp3) is 0.250. The second-order valence-corrected chi connectivity index (χ2v) is 8.45. The molecule has 1 fully saturated rings. The number of rotatable bonds is 7. The second-order valence-electron chi connectivity index (χ2n) is 7.35. The predicted octanol–water partition coefficient (Wildman–Crippen LogP) is -1.73. The number of carboxylic acid groups (broad SMARTS) is 1. The number of benzene rings is 1. The Balaban J connectivity index is 1.56. The van der Waals surface area contributed by atoms with E-state index in [1.165, 1.54) is 18.9 Å². The van der Waals surface area contributed by atoms with Gasteiger partial charge in [0.15, 0.2) is 5.70 Å². The molecule has 3 heterocycles. The fourth-order valence-corrected chi connectivity index (χ4v) is 4.94. The van der Waals surface area contributed by atoms with Crippen LogP contribution < -0.4 is 21.9 Å².